The number of hydrogen-bond acceptors (Lipinski definition) is 7. The van der Waals surface area contributed by atoms with Crippen molar-refractivity contribution in [1.82, 2.24) is 15.1 Å². The number of carbonyl (C=O) groups is 4. The molecule has 4 heterocycles. The average Bonchev–Trinajstić information content (AvgIpc) is 3.55. The van der Waals surface area contributed by atoms with Crippen molar-refractivity contribution in [2.75, 3.05) is 19.7 Å². The van der Waals surface area contributed by atoms with E-state index in [2.05, 4.69) is 21.2 Å². The molecule has 42 heavy (non-hydrogen) atoms. The topological polar surface area (TPSA) is 125 Å². The van der Waals surface area contributed by atoms with Gasteiger partial charge in [0.15, 0.2) is 0 Å². The van der Waals surface area contributed by atoms with Gasteiger partial charge in [-0.2, -0.15) is 0 Å². The number of aliphatic hydroxyl groups excluding tert-OH is 1. The molecule has 0 unspecified atom stereocenters. The molecule has 5 rings (SSSR count). The number of fused-ring (bicyclic) bond motifs is 2. The summed E-state index contributed by atoms with van der Waals surface area (Å²) in [4.78, 5) is 58.2. The van der Waals surface area contributed by atoms with E-state index < -0.39 is 53.6 Å². The molecule has 4 aliphatic rings. The summed E-state index contributed by atoms with van der Waals surface area (Å²) in [5.74, 6) is -3.58. The molecule has 2 fully saturated rings. The standard InChI is InChI=1S/C31H38BrN3O7/c1-18(2)34-13-9-5-8-12-23(37)33-16-19(3)41-30(40)24-25-28(38)35(21(17-36)14-20-10-6-4-7-11-20)27(29(34)39)31(25)15-22(32)26(24)42-31/h4-7,9-11,15,18-19,21,24-27,36H,8,12-14,16-17H2,1-3H3,(H,33,37)/b9-5-/t19-,21+,24+,25-,26+,27+,31-/m0/s1. The molecule has 4 aliphatic heterocycles. The number of likely N-dealkylation sites (tertiary alicyclic amines) is 1. The molecule has 0 saturated carbocycles. The van der Waals surface area contributed by atoms with Crippen molar-refractivity contribution in [1.29, 1.82) is 0 Å². The van der Waals surface area contributed by atoms with Crippen molar-refractivity contribution in [3.05, 3.63) is 58.6 Å². The van der Waals surface area contributed by atoms with E-state index in [9.17, 15) is 24.3 Å². The largest absolute Gasteiger partial charge is 0.460 e. The van der Waals surface area contributed by atoms with Crippen molar-refractivity contribution in [3.8, 4) is 0 Å². The van der Waals surface area contributed by atoms with Crippen LogP contribution in [-0.4, -0.2) is 94.2 Å². The van der Waals surface area contributed by atoms with E-state index in [4.69, 9.17) is 9.47 Å². The number of cyclic esters (lactones) is 1. The summed E-state index contributed by atoms with van der Waals surface area (Å²) in [5, 5.41) is 13.4. The van der Waals surface area contributed by atoms with E-state index in [1.807, 2.05) is 56.3 Å². The van der Waals surface area contributed by atoms with E-state index in [0.29, 0.717) is 17.3 Å². The Morgan fingerprint density at radius 3 is 2.55 bits per heavy atom. The fourth-order valence-corrected chi connectivity index (χ4v) is 7.37. The highest BCUT2D eigenvalue weighted by Gasteiger charge is 2.75. The van der Waals surface area contributed by atoms with Gasteiger partial charge in [-0.15, -0.1) is 0 Å². The summed E-state index contributed by atoms with van der Waals surface area (Å²) < 4.78 is 12.8. The van der Waals surface area contributed by atoms with Crippen LogP contribution in [0, 0.1) is 11.8 Å². The first-order valence-corrected chi connectivity index (χ1v) is 15.3. The molecule has 2 saturated heterocycles. The number of allylic oxidation sites excluding steroid dienone is 1. The first-order valence-electron chi connectivity index (χ1n) is 14.5. The number of ether oxygens (including phenoxy) is 2. The van der Waals surface area contributed by atoms with Gasteiger partial charge in [0.25, 0.3) is 0 Å². The fraction of sp³-hybridized carbons (Fsp3) is 0.548. The maximum Gasteiger partial charge on any atom is 0.313 e. The van der Waals surface area contributed by atoms with Crippen LogP contribution in [0.4, 0.5) is 0 Å². The number of benzene rings is 1. The Kier molecular flexibility index (Phi) is 8.91. The molecule has 11 heteroatoms. The lowest BCUT2D eigenvalue weighted by atomic mass is 9.74. The minimum atomic E-state index is -1.42. The number of esters is 1. The van der Waals surface area contributed by atoms with E-state index in [0.717, 1.165) is 5.56 Å². The molecule has 7 atom stereocenters. The Hall–Kier alpha value is -3.02. The van der Waals surface area contributed by atoms with Crippen LogP contribution < -0.4 is 5.32 Å². The van der Waals surface area contributed by atoms with Crippen molar-refractivity contribution in [2.45, 2.75) is 76.0 Å². The lowest BCUT2D eigenvalue weighted by Crippen LogP contribution is -2.59. The summed E-state index contributed by atoms with van der Waals surface area (Å²) in [5.41, 5.74) is -0.523. The zero-order valence-electron chi connectivity index (χ0n) is 24.1. The molecule has 10 nitrogen and oxygen atoms in total. The van der Waals surface area contributed by atoms with Crippen molar-refractivity contribution in [2.24, 2.45) is 11.8 Å². The molecule has 3 amide bonds. The first-order chi connectivity index (χ1) is 20.1. The summed E-state index contributed by atoms with van der Waals surface area (Å²) in [6.45, 7) is 5.48. The normalized spacial score (nSPS) is 33.4. The zero-order valence-corrected chi connectivity index (χ0v) is 25.7. The van der Waals surface area contributed by atoms with Crippen molar-refractivity contribution < 1.29 is 33.8 Å². The highest BCUT2D eigenvalue weighted by atomic mass is 79.9. The molecule has 2 N–H and O–H groups in total. The highest BCUT2D eigenvalue weighted by molar-refractivity contribution is 9.11. The zero-order chi connectivity index (χ0) is 30.2. The quantitative estimate of drug-likeness (QED) is 0.372. The number of rotatable bonds is 5. The second kappa shape index (κ2) is 12.3. The third-order valence-corrected chi connectivity index (χ3v) is 9.29. The number of nitrogens with one attached hydrogen (secondary N) is 1. The fourth-order valence-electron chi connectivity index (χ4n) is 6.63. The smallest absolute Gasteiger partial charge is 0.313 e. The van der Waals surface area contributed by atoms with Gasteiger partial charge in [-0.1, -0.05) is 58.4 Å². The monoisotopic (exact) mass is 643 g/mol. The number of carbonyl (C=O) groups excluding carboxylic acids is 4. The molecule has 5 bridgehead atoms. The van der Waals surface area contributed by atoms with E-state index in [1.165, 1.54) is 4.90 Å². The number of nitrogens with zero attached hydrogens (tertiary/aromatic N) is 2. The lowest BCUT2D eigenvalue weighted by Gasteiger charge is -2.40. The Morgan fingerprint density at radius 2 is 1.86 bits per heavy atom. The predicted molar refractivity (Wildman–Crippen MR) is 157 cm³/mol. The van der Waals surface area contributed by atoms with Crippen LogP contribution in [0.1, 0.15) is 39.2 Å². The average molecular weight is 645 g/mol. The van der Waals surface area contributed by atoms with E-state index in [1.54, 1.807) is 17.9 Å². The van der Waals surface area contributed by atoms with Gasteiger partial charge in [-0.05, 0) is 45.3 Å². The van der Waals surface area contributed by atoms with Crippen molar-refractivity contribution >= 4 is 39.6 Å². The van der Waals surface area contributed by atoms with Crippen LogP contribution in [0.25, 0.3) is 0 Å². The summed E-state index contributed by atoms with van der Waals surface area (Å²) >= 11 is 3.55. The third-order valence-electron chi connectivity index (χ3n) is 8.61. The SMILES string of the molecule is CC(C)N1C/C=C\CCC(=O)NC[C@H](C)OC(=O)[C@H]2[C@@H]3O[C@@]4(C=C3Br)[C@@H]2C(=O)N([C@@H](CO)Cc2ccccc2)[C@@H]4C1=O. The van der Waals surface area contributed by atoms with Crippen LogP contribution in [-0.2, 0) is 35.1 Å². The molecule has 1 aromatic carbocycles. The summed E-state index contributed by atoms with van der Waals surface area (Å²) in [6, 6.07) is 7.40. The van der Waals surface area contributed by atoms with Gasteiger partial charge in [0.1, 0.15) is 29.8 Å². The number of hydrogen-bond donors (Lipinski definition) is 2. The van der Waals surface area contributed by atoms with Gasteiger partial charge >= 0.3 is 5.97 Å². The first kappa shape index (κ1) is 30.4. The van der Waals surface area contributed by atoms with Gasteiger partial charge in [0.05, 0.1) is 25.1 Å². The second-order valence-corrected chi connectivity index (χ2v) is 12.7. The number of amides is 3. The molecule has 1 spiro atoms. The Labute approximate surface area is 254 Å². The predicted octanol–water partition coefficient (Wildman–Crippen LogP) is 2.10. The van der Waals surface area contributed by atoms with Crippen molar-refractivity contribution in [3.63, 3.8) is 0 Å². The Bertz CT molecular complexity index is 1280. The van der Waals surface area contributed by atoms with Crippen LogP contribution in [0.5, 0.6) is 0 Å². The van der Waals surface area contributed by atoms with E-state index in [-0.39, 0.29) is 44.0 Å². The minimum absolute atomic E-state index is 0.130. The van der Waals surface area contributed by atoms with Gasteiger partial charge in [-0.3, -0.25) is 19.2 Å². The molecule has 0 aliphatic carbocycles. The van der Waals surface area contributed by atoms with Crippen LogP contribution in [0.2, 0.25) is 0 Å². The highest BCUT2D eigenvalue weighted by Crippen LogP contribution is 2.59. The molecule has 0 radical (unpaired) electrons. The van der Waals surface area contributed by atoms with E-state index >= 15 is 0 Å². The lowest BCUT2D eigenvalue weighted by molar-refractivity contribution is -0.159. The van der Waals surface area contributed by atoms with Crippen LogP contribution in [0.15, 0.2) is 53.0 Å². The van der Waals surface area contributed by atoms with Gasteiger partial charge in [0.2, 0.25) is 17.7 Å². The van der Waals surface area contributed by atoms with Gasteiger partial charge in [0, 0.05) is 23.5 Å². The number of halogens is 1. The van der Waals surface area contributed by atoms with Gasteiger partial charge in [-0.25, -0.2) is 0 Å². The maximum absolute atomic E-state index is 14.6. The minimum Gasteiger partial charge on any atom is -0.460 e. The van der Waals surface area contributed by atoms with Crippen LogP contribution in [0.3, 0.4) is 0 Å². The molecule has 1 aromatic rings. The Balaban J connectivity index is 1.61. The molecule has 226 valence electrons. The Morgan fingerprint density at radius 1 is 1.12 bits per heavy atom. The molecule has 0 aromatic heterocycles. The molecular weight excluding hydrogens is 606 g/mol. The number of aliphatic hydroxyl groups is 1. The molecular formula is C31H38BrN3O7. The van der Waals surface area contributed by atoms with Gasteiger partial charge < -0.3 is 29.7 Å². The summed E-state index contributed by atoms with van der Waals surface area (Å²) in [7, 11) is 0. The maximum atomic E-state index is 14.6. The van der Waals surface area contributed by atoms with Crippen LogP contribution >= 0.6 is 15.9 Å². The summed E-state index contributed by atoms with van der Waals surface area (Å²) in [6.07, 6.45) is 5.09. The second-order valence-electron chi connectivity index (χ2n) is 11.7. The third kappa shape index (κ3) is 5.42.